The van der Waals surface area contributed by atoms with E-state index in [2.05, 4.69) is 15.0 Å². The van der Waals surface area contributed by atoms with Gasteiger partial charge in [-0.25, -0.2) is 8.89 Å². The van der Waals surface area contributed by atoms with E-state index in [0.717, 1.165) is 22.3 Å². The Morgan fingerprint density at radius 1 is 1.27 bits per heavy atom. The van der Waals surface area contributed by atoms with E-state index in [-0.39, 0.29) is 0 Å². The van der Waals surface area contributed by atoms with Crippen molar-refractivity contribution in [2.45, 2.75) is 6.54 Å². The van der Waals surface area contributed by atoms with Crippen molar-refractivity contribution >= 4 is 28.0 Å². The molecule has 0 radical (unpaired) electrons. The van der Waals surface area contributed by atoms with Gasteiger partial charge in [0, 0.05) is 11.8 Å². The Morgan fingerprint density at radius 2 is 2.05 bits per heavy atom. The first-order valence-corrected chi connectivity index (χ1v) is 7.60. The van der Waals surface area contributed by atoms with E-state index in [0.29, 0.717) is 12.2 Å². The van der Waals surface area contributed by atoms with E-state index >= 15 is 0 Å². The van der Waals surface area contributed by atoms with Crippen molar-refractivity contribution in [3.8, 4) is 5.75 Å². The van der Waals surface area contributed by atoms with E-state index in [9.17, 15) is 4.21 Å². The van der Waals surface area contributed by atoms with Gasteiger partial charge in [-0.1, -0.05) is 17.3 Å². The van der Waals surface area contributed by atoms with Crippen molar-refractivity contribution in [1.29, 1.82) is 0 Å². The number of rotatable bonds is 5. The van der Waals surface area contributed by atoms with E-state index < -0.39 is 11.3 Å². The van der Waals surface area contributed by atoms with Crippen molar-refractivity contribution in [2.75, 3.05) is 11.8 Å². The average molecular weight is 318 g/mol. The van der Waals surface area contributed by atoms with Crippen LogP contribution < -0.4 is 9.46 Å². The van der Waals surface area contributed by atoms with Crippen molar-refractivity contribution in [3.63, 3.8) is 0 Å². The maximum atomic E-state index is 10.7. The normalized spacial score (nSPS) is 12.3. The predicted molar refractivity (Wildman–Crippen MR) is 84.0 cm³/mol. The van der Waals surface area contributed by atoms with Crippen molar-refractivity contribution in [1.82, 2.24) is 15.0 Å². The molecule has 0 aliphatic rings. The highest BCUT2D eigenvalue weighted by molar-refractivity contribution is 7.80. The molecule has 7 nitrogen and oxygen atoms in total. The van der Waals surface area contributed by atoms with Crippen LogP contribution in [0, 0.1) is 0 Å². The van der Waals surface area contributed by atoms with Gasteiger partial charge in [-0.3, -0.25) is 9.27 Å². The molecular formula is C14H14N4O3S. The van der Waals surface area contributed by atoms with Crippen LogP contribution in [0.3, 0.4) is 0 Å². The van der Waals surface area contributed by atoms with Crippen LogP contribution in [0.25, 0.3) is 11.0 Å². The SMILES string of the molecule is COc1ccc2c(c1)nnn2Cc1ccc(NS(=O)O)cc1. The van der Waals surface area contributed by atoms with Crippen LogP contribution >= 0.6 is 0 Å². The smallest absolute Gasteiger partial charge is 0.259 e. The number of anilines is 1. The number of nitrogens with one attached hydrogen (secondary N) is 1. The molecule has 3 rings (SSSR count). The van der Waals surface area contributed by atoms with Crippen LogP contribution in [0.5, 0.6) is 5.75 Å². The fourth-order valence-corrected chi connectivity index (χ4v) is 2.49. The van der Waals surface area contributed by atoms with Crippen LogP contribution in [0.2, 0.25) is 0 Å². The Hall–Kier alpha value is -2.45. The average Bonchev–Trinajstić information content (AvgIpc) is 2.91. The molecule has 0 amide bonds. The topological polar surface area (TPSA) is 89.3 Å². The maximum absolute atomic E-state index is 10.7. The van der Waals surface area contributed by atoms with E-state index in [1.54, 1.807) is 23.9 Å². The van der Waals surface area contributed by atoms with Crippen molar-refractivity contribution < 1.29 is 13.5 Å². The van der Waals surface area contributed by atoms with E-state index in [1.165, 1.54) is 0 Å². The molecule has 1 heterocycles. The molecule has 0 saturated heterocycles. The zero-order valence-corrected chi connectivity index (χ0v) is 12.6. The maximum Gasteiger partial charge on any atom is 0.259 e. The lowest BCUT2D eigenvalue weighted by molar-refractivity contribution is 0.415. The van der Waals surface area contributed by atoms with Gasteiger partial charge >= 0.3 is 0 Å². The van der Waals surface area contributed by atoms with Crippen LogP contribution in [-0.4, -0.2) is 30.9 Å². The molecule has 0 aliphatic carbocycles. The van der Waals surface area contributed by atoms with Gasteiger partial charge < -0.3 is 4.74 Å². The first-order chi connectivity index (χ1) is 10.7. The minimum absolute atomic E-state index is 0.561. The fraction of sp³-hybridized carbons (Fsp3) is 0.143. The molecule has 0 spiro atoms. The Kier molecular flexibility index (Phi) is 4.03. The minimum Gasteiger partial charge on any atom is -0.497 e. The molecule has 2 N–H and O–H groups in total. The monoisotopic (exact) mass is 318 g/mol. The number of nitrogens with zero attached hydrogens (tertiary/aromatic N) is 3. The Morgan fingerprint density at radius 3 is 2.73 bits per heavy atom. The predicted octanol–water partition coefficient (Wildman–Crippen LogP) is 2.04. The molecule has 114 valence electrons. The highest BCUT2D eigenvalue weighted by Crippen LogP contribution is 2.19. The summed E-state index contributed by atoms with van der Waals surface area (Å²) < 4.78 is 28.8. The Bertz CT molecular complexity index is 817. The molecule has 3 aromatic rings. The summed E-state index contributed by atoms with van der Waals surface area (Å²) in [5.41, 5.74) is 3.28. The van der Waals surface area contributed by atoms with Gasteiger partial charge in [0.25, 0.3) is 11.3 Å². The zero-order chi connectivity index (χ0) is 15.5. The number of methoxy groups -OCH3 is 1. The second kappa shape index (κ2) is 6.12. The fourth-order valence-electron chi connectivity index (χ4n) is 2.15. The third kappa shape index (κ3) is 3.07. The largest absolute Gasteiger partial charge is 0.497 e. The second-order valence-corrected chi connectivity index (χ2v) is 5.35. The summed E-state index contributed by atoms with van der Waals surface area (Å²) in [5.74, 6) is 0.743. The molecule has 2 aromatic carbocycles. The van der Waals surface area contributed by atoms with Gasteiger partial charge in [0.1, 0.15) is 11.3 Å². The number of benzene rings is 2. The number of fused-ring (bicyclic) bond motifs is 1. The highest BCUT2D eigenvalue weighted by Gasteiger charge is 2.06. The molecule has 1 aromatic heterocycles. The molecule has 22 heavy (non-hydrogen) atoms. The molecule has 1 unspecified atom stereocenters. The summed E-state index contributed by atoms with van der Waals surface area (Å²) in [6, 6.07) is 12.8. The lowest BCUT2D eigenvalue weighted by Gasteiger charge is -2.05. The standard InChI is InChI=1S/C14H14N4O3S/c1-21-12-6-7-14-13(8-12)15-17-18(14)9-10-2-4-11(5-3-10)16-22(19)20/h2-8,16H,9H2,1H3,(H,19,20). The van der Waals surface area contributed by atoms with Gasteiger partial charge in [0.2, 0.25) is 0 Å². The summed E-state index contributed by atoms with van der Waals surface area (Å²) in [4.78, 5) is 0. The highest BCUT2D eigenvalue weighted by atomic mass is 32.2. The number of aromatic nitrogens is 3. The second-order valence-electron chi connectivity index (χ2n) is 4.65. The summed E-state index contributed by atoms with van der Waals surface area (Å²) in [6.45, 7) is 0.561. The zero-order valence-electron chi connectivity index (χ0n) is 11.8. The van der Waals surface area contributed by atoms with E-state index in [1.807, 2.05) is 30.3 Å². The van der Waals surface area contributed by atoms with Crippen LogP contribution in [0.1, 0.15) is 5.56 Å². The molecule has 0 saturated carbocycles. The molecule has 1 atom stereocenters. The van der Waals surface area contributed by atoms with E-state index in [4.69, 9.17) is 9.29 Å². The van der Waals surface area contributed by atoms with Gasteiger partial charge in [0.05, 0.1) is 19.2 Å². The molecule has 8 heteroatoms. The van der Waals surface area contributed by atoms with Gasteiger partial charge in [-0.15, -0.1) is 5.10 Å². The summed E-state index contributed by atoms with van der Waals surface area (Å²) in [6.07, 6.45) is 0. The molecular weight excluding hydrogens is 304 g/mol. The minimum atomic E-state index is -2.07. The number of hydrogen-bond donors (Lipinski definition) is 2. The lowest BCUT2D eigenvalue weighted by atomic mass is 10.2. The summed E-state index contributed by atoms with van der Waals surface area (Å²) in [5, 5.41) is 8.27. The molecule has 0 bridgehead atoms. The molecule has 0 aliphatic heterocycles. The van der Waals surface area contributed by atoms with Crippen LogP contribution in [0.15, 0.2) is 42.5 Å². The quantitative estimate of drug-likeness (QED) is 0.703. The first-order valence-electron chi connectivity index (χ1n) is 6.49. The Balaban J connectivity index is 1.82. The Labute approximate surface area is 129 Å². The lowest BCUT2D eigenvalue weighted by Crippen LogP contribution is -2.04. The summed E-state index contributed by atoms with van der Waals surface area (Å²) in [7, 11) is 1.61. The van der Waals surface area contributed by atoms with Gasteiger partial charge in [-0.05, 0) is 29.8 Å². The van der Waals surface area contributed by atoms with Crippen LogP contribution in [-0.2, 0) is 17.8 Å². The molecule has 0 fully saturated rings. The number of ether oxygens (including phenoxy) is 1. The third-order valence-corrected chi connectivity index (χ3v) is 3.62. The first kappa shape index (κ1) is 14.5. The van der Waals surface area contributed by atoms with Crippen LogP contribution in [0.4, 0.5) is 5.69 Å². The number of hydrogen-bond acceptors (Lipinski definition) is 4. The van der Waals surface area contributed by atoms with Gasteiger partial charge in [-0.2, -0.15) is 0 Å². The van der Waals surface area contributed by atoms with Crippen molar-refractivity contribution in [3.05, 3.63) is 48.0 Å². The van der Waals surface area contributed by atoms with Crippen molar-refractivity contribution in [2.24, 2.45) is 0 Å². The summed E-state index contributed by atoms with van der Waals surface area (Å²) >= 11 is -2.07. The van der Waals surface area contributed by atoms with Gasteiger partial charge in [0.15, 0.2) is 0 Å². The third-order valence-electron chi connectivity index (χ3n) is 3.21.